The van der Waals surface area contributed by atoms with Gasteiger partial charge < -0.3 is 10.4 Å². The Labute approximate surface area is 98.7 Å². The van der Waals surface area contributed by atoms with Crippen molar-refractivity contribution in [1.82, 2.24) is 0 Å². The molecule has 0 saturated heterocycles. The van der Waals surface area contributed by atoms with E-state index in [1.165, 1.54) is 5.56 Å². The molecule has 0 aromatic heterocycles. The van der Waals surface area contributed by atoms with Crippen LogP contribution < -0.4 is 5.32 Å². The quantitative estimate of drug-likeness (QED) is 0.773. The first kappa shape index (κ1) is 13.0. The third-order valence-corrected chi connectivity index (χ3v) is 3.32. The second kappa shape index (κ2) is 5.90. The number of hydrogen-bond acceptors (Lipinski definition) is 2. The molecule has 16 heavy (non-hydrogen) atoms. The molecule has 0 fully saturated rings. The van der Waals surface area contributed by atoms with E-state index < -0.39 is 5.60 Å². The fourth-order valence-electron chi connectivity index (χ4n) is 1.76. The van der Waals surface area contributed by atoms with Crippen molar-refractivity contribution in [3.8, 4) is 0 Å². The minimum absolute atomic E-state index is 0.582. The number of hydrogen-bond donors (Lipinski definition) is 2. The van der Waals surface area contributed by atoms with Gasteiger partial charge in [0.15, 0.2) is 0 Å². The van der Waals surface area contributed by atoms with Crippen molar-refractivity contribution < 1.29 is 5.11 Å². The number of aryl methyl sites for hydroxylation is 1. The number of aliphatic hydroxyl groups is 1. The molecule has 2 heteroatoms. The Morgan fingerprint density at radius 1 is 1.12 bits per heavy atom. The van der Waals surface area contributed by atoms with Gasteiger partial charge in [-0.15, -0.1) is 0 Å². The first-order valence-corrected chi connectivity index (χ1v) is 6.19. The standard InChI is InChI=1S/C14H23NO/c1-4-12-9-7-8-10-13(12)15-11-14(16,5-2)6-3/h7-10,15-16H,4-6,11H2,1-3H3. The van der Waals surface area contributed by atoms with Gasteiger partial charge in [-0.3, -0.25) is 0 Å². The summed E-state index contributed by atoms with van der Waals surface area (Å²) in [5.74, 6) is 0. The Balaban J connectivity index is 2.67. The van der Waals surface area contributed by atoms with Crippen LogP contribution in [0, 0.1) is 0 Å². The van der Waals surface area contributed by atoms with E-state index in [1.54, 1.807) is 0 Å². The summed E-state index contributed by atoms with van der Waals surface area (Å²) in [6.07, 6.45) is 2.58. The van der Waals surface area contributed by atoms with Crippen LogP contribution in [-0.4, -0.2) is 17.3 Å². The van der Waals surface area contributed by atoms with E-state index in [0.29, 0.717) is 6.54 Å². The molecule has 0 saturated carbocycles. The minimum Gasteiger partial charge on any atom is -0.388 e. The van der Waals surface area contributed by atoms with Crippen LogP contribution in [0.15, 0.2) is 24.3 Å². The van der Waals surface area contributed by atoms with E-state index in [0.717, 1.165) is 24.9 Å². The third kappa shape index (κ3) is 3.24. The molecular weight excluding hydrogens is 198 g/mol. The Morgan fingerprint density at radius 2 is 1.75 bits per heavy atom. The number of benzene rings is 1. The molecule has 1 aromatic carbocycles. The lowest BCUT2D eigenvalue weighted by Gasteiger charge is -2.26. The summed E-state index contributed by atoms with van der Waals surface area (Å²) in [5, 5.41) is 13.5. The van der Waals surface area contributed by atoms with Crippen molar-refractivity contribution in [1.29, 1.82) is 0 Å². The molecule has 0 unspecified atom stereocenters. The van der Waals surface area contributed by atoms with Gasteiger partial charge in [0.05, 0.1) is 5.60 Å². The molecule has 0 aliphatic carbocycles. The summed E-state index contributed by atoms with van der Waals surface area (Å²) >= 11 is 0. The summed E-state index contributed by atoms with van der Waals surface area (Å²) in [5.41, 5.74) is 1.86. The van der Waals surface area contributed by atoms with Gasteiger partial charge in [-0.05, 0) is 30.9 Å². The SMILES string of the molecule is CCc1ccccc1NCC(O)(CC)CC. The van der Waals surface area contributed by atoms with Crippen molar-refractivity contribution in [2.24, 2.45) is 0 Å². The monoisotopic (exact) mass is 221 g/mol. The number of nitrogens with one attached hydrogen (secondary N) is 1. The highest BCUT2D eigenvalue weighted by Crippen LogP contribution is 2.19. The van der Waals surface area contributed by atoms with E-state index in [4.69, 9.17) is 0 Å². The zero-order chi connectivity index (χ0) is 12.0. The Hall–Kier alpha value is -1.02. The lowest BCUT2D eigenvalue weighted by atomic mass is 9.97. The number of para-hydroxylation sites is 1. The van der Waals surface area contributed by atoms with Crippen LogP contribution >= 0.6 is 0 Å². The minimum atomic E-state index is -0.582. The molecule has 0 aliphatic rings. The molecule has 1 aromatic rings. The average Bonchev–Trinajstić information content (AvgIpc) is 2.36. The zero-order valence-electron chi connectivity index (χ0n) is 10.6. The summed E-state index contributed by atoms with van der Waals surface area (Å²) < 4.78 is 0. The first-order valence-electron chi connectivity index (χ1n) is 6.19. The molecule has 2 nitrogen and oxygen atoms in total. The second-order valence-electron chi connectivity index (χ2n) is 4.30. The number of rotatable bonds is 6. The normalized spacial score (nSPS) is 11.5. The van der Waals surface area contributed by atoms with Crippen LogP contribution in [-0.2, 0) is 6.42 Å². The van der Waals surface area contributed by atoms with Crippen LogP contribution in [0.1, 0.15) is 39.2 Å². The highest BCUT2D eigenvalue weighted by atomic mass is 16.3. The van der Waals surface area contributed by atoms with Crippen molar-refractivity contribution in [2.45, 2.75) is 45.6 Å². The topological polar surface area (TPSA) is 32.3 Å². The average molecular weight is 221 g/mol. The first-order chi connectivity index (χ1) is 7.65. The molecular formula is C14H23NO. The van der Waals surface area contributed by atoms with Gasteiger partial charge in [-0.1, -0.05) is 39.0 Å². The summed E-state index contributed by atoms with van der Waals surface area (Å²) in [6, 6.07) is 8.28. The molecule has 0 heterocycles. The van der Waals surface area contributed by atoms with Crippen molar-refractivity contribution in [3.05, 3.63) is 29.8 Å². The van der Waals surface area contributed by atoms with Gasteiger partial charge in [-0.2, -0.15) is 0 Å². The van der Waals surface area contributed by atoms with Crippen LogP contribution in [0.25, 0.3) is 0 Å². The smallest absolute Gasteiger partial charge is 0.0814 e. The maximum Gasteiger partial charge on any atom is 0.0814 e. The number of anilines is 1. The van der Waals surface area contributed by atoms with E-state index in [2.05, 4.69) is 30.4 Å². The molecule has 90 valence electrons. The Bertz CT molecular complexity index is 318. The molecule has 0 aliphatic heterocycles. The maximum atomic E-state index is 10.2. The van der Waals surface area contributed by atoms with Gasteiger partial charge in [0.2, 0.25) is 0 Å². The highest BCUT2D eigenvalue weighted by molar-refractivity contribution is 5.51. The summed E-state index contributed by atoms with van der Waals surface area (Å²) in [6.45, 7) is 6.82. The lowest BCUT2D eigenvalue weighted by Crippen LogP contribution is -2.35. The van der Waals surface area contributed by atoms with Crippen molar-refractivity contribution in [2.75, 3.05) is 11.9 Å². The Morgan fingerprint density at radius 3 is 2.31 bits per heavy atom. The predicted molar refractivity (Wildman–Crippen MR) is 69.8 cm³/mol. The molecule has 0 atom stereocenters. The third-order valence-electron chi connectivity index (χ3n) is 3.32. The van der Waals surface area contributed by atoms with Crippen molar-refractivity contribution >= 4 is 5.69 Å². The molecule has 0 amide bonds. The fraction of sp³-hybridized carbons (Fsp3) is 0.571. The van der Waals surface area contributed by atoms with Gasteiger partial charge >= 0.3 is 0 Å². The summed E-state index contributed by atoms with van der Waals surface area (Å²) in [4.78, 5) is 0. The van der Waals surface area contributed by atoms with E-state index in [9.17, 15) is 5.11 Å². The van der Waals surface area contributed by atoms with Crippen LogP contribution in [0.5, 0.6) is 0 Å². The zero-order valence-corrected chi connectivity index (χ0v) is 10.6. The van der Waals surface area contributed by atoms with Gasteiger partial charge in [-0.25, -0.2) is 0 Å². The molecule has 0 radical (unpaired) electrons. The molecule has 0 bridgehead atoms. The summed E-state index contributed by atoms with van der Waals surface area (Å²) in [7, 11) is 0. The maximum absolute atomic E-state index is 10.2. The van der Waals surface area contributed by atoms with Gasteiger partial charge in [0.1, 0.15) is 0 Å². The van der Waals surface area contributed by atoms with Crippen LogP contribution in [0.3, 0.4) is 0 Å². The van der Waals surface area contributed by atoms with Crippen molar-refractivity contribution in [3.63, 3.8) is 0 Å². The second-order valence-corrected chi connectivity index (χ2v) is 4.30. The lowest BCUT2D eigenvalue weighted by molar-refractivity contribution is 0.0457. The largest absolute Gasteiger partial charge is 0.388 e. The molecule has 1 rings (SSSR count). The molecule has 0 spiro atoms. The van der Waals surface area contributed by atoms with E-state index in [-0.39, 0.29) is 0 Å². The highest BCUT2D eigenvalue weighted by Gasteiger charge is 2.21. The Kier molecular flexibility index (Phi) is 4.81. The van der Waals surface area contributed by atoms with Gasteiger partial charge in [0, 0.05) is 12.2 Å². The molecule has 2 N–H and O–H groups in total. The van der Waals surface area contributed by atoms with E-state index in [1.807, 2.05) is 19.9 Å². The van der Waals surface area contributed by atoms with Gasteiger partial charge in [0.25, 0.3) is 0 Å². The fourth-order valence-corrected chi connectivity index (χ4v) is 1.76. The van der Waals surface area contributed by atoms with Crippen LogP contribution in [0.4, 0.5) is 5.69 Å². The van der Waals surface area contributed by atoms with Crippen LogP contribution in [0.2, 0.25) is 0 Å². The van der Waals surface area contributed by atoms with E-state index >= 15 is 0 Å². The predicted octanol–water partition coefficient (Wildman–Crippen LogP) is 3.21.